The fourth-order valence-corrected chi connectivity index (χ4v) is 2.83. The van der Waals surface area contributed by atoms with Gasteiger partial charge in [0, 0.05) is 22.7 Å². The maximum absolute atomic E-state index is 12.2. The first-order chi connectivity index (χ1) is 11.6. The summed E-state index contributed by atoms with van der Waals surface area (Å²) in [5.74, 6) is 1.71. The summed E-state index contributed by atoms with van der Waals surface area (Å²) in [5.41, 5.74) is 1.79. The average molecular weight is 347 g/mol. The first kappa shape index (κ1) is 18.0. The minimum absolute atomic E-state index is 0.102. The van der Waals surface area contributed by atoms with Crippen molar-refractivity contribution in [2.75, 3.05) is 32.4 Å². The van der Waals surface area contributed by atoms with Gasteiger partial charge in [0.1, 0.15) is 0 Å². The lowest BCUT2D eigenvalue weighted by molar-refractivity contribution is -0.113. The molecule has 2 aromatic rings. The summed E-state index contributed by atoms with van der Waals surface area (Å²) in [6.07, 6.45) is 0. The quantitative estimate of drug-likeness (QED) is 0.773. The highest BCUT2D eigenvalue weighted by Gasteiger charge is 2.14. The van der Waals surface area contributed by atoms with Crippen LogP contribution in [-0.2, 0) is 4.79 Å². The number of thioether (sulfide) groups is 1. The van der Waals surface area contributed by atoms with Crippen molar-refractivity contribution in [3.8, 4) is 17.2 Å². The van der Waals surface area contributed by atoms with Crippen molar-refractivity contribution in [1.82, 2.24) is 0 Å². The van der Waals surface area contributed by atoms with Gasteiger partial charge in [0.05, 0.1) is 27.1 Å². The molecule has 0 radical (unpaired) electrons. The van der Waals surface area contributed by atoms with E-state index < -0.39 is 0 Å². The Hall–Kier alpha value is -2.34. The van der Waals surface area contributed by atoms with E-state index in [-0.39, 0.29) is 5.91 Å². The number of hydrogen-bond acceptors (Lipinski definition) is 5. The van der Waals surface area contributed by atoms with Gasteiger partial charge in [-0.1, -0.05) is 17.7 Å². The molecule has 0 unspecified atom stereocenters. The van der Waals surface area contributed by atoms with Crippen LogP contribution in [0, 0.1) is 6.92 Å². The molecule has 0 saturated carbocycles. The number of hydrogen-bond donors (Lipinski definition) is 1. The van der Waals surface area contributed by atoms with Crippen LogP contribution in [0.3, 0.4) is 0 Å². The lowest BCUT2D eigenvalue weighted by atomic mass is 10.2. The topological polar surface area (TPSA) is 56.8 Å². The monoisotopic (exact) mass is 347 g/mol. The van der Waals surface area contributed by atoms with Gasteiger partial charge in [0.2, 0.25) is 11.7 Å². The predicted molar refractivity (Wildman–Crippen MR) is 96.6 cm³/mol. The molecule has 128 valence electrons. The van der Waals surface area contributed by atoms with Gasteiger partial charge in [0.25, 0.3) is 0 Å². The molecule has 2 rings (SSSR count). The Labute approximate surface area is 146 Å². The van der Waals surface area contributed by atoms with Crippen molar-refractivity contribution >= 4 is 23.4 Å². The van der Waals surface area contributed by atoms with Crippen molar-refractivity contribution in [2.24, 2.45) is 0 Å². The van der Waals surface area contributed by atoms with Gasteiger partial charge in [-0.05, 0) is 19.1 Å². The Morgan fingerprint density at radius 2 is 1.58 bits per heavy atom. The van der Waals surface area contributed by atoms with Crippen molar-refractivity contribution in [1.29, 1.82) is 0 Å². The van der Waals surface area contributed by atoms with E-state index >= 15 is 0 Å². The minimum Gasteiger partial charge on any atom is -0.493 e. The fourth-order valence-electron chi connectivity index (χ4n) is 2.13. The minimum atomic E-state index is -0.102. The molecule has 0 atom stereocenters. The molecule has 0 spiro atoms. The molecular formula is C18H21NO4S. The zero-order valence-corrected chi connectivity index (χ0v) is 15.0. The summed E-state index contributed by atoms with van der Waals surface area (Å²) in [4.78, 5) is 13.2. The van der Waals surface area contributed by atoms with Crippen LogP contribution < -0.4 is 19.5 Å². The molecule has 0 fully saturated rings. The largest absolute Gasteiger partial charge is 0.493 e. The highest BCUT2D eigenvalue weighted by Crippen LogP contribution is 2.39. The van der Waals surface area contributed by atoms with E-state index in [0.29, 0.717) is 28.7 Å². The van der Waals surface area contributed by atoms with Crippen LogP contribution >= 0.6 is 11.8 Å². The summed E-state index contributed by atoms with van der Waals surface area (Å²) < 4.78 is 15.8. The first-order valence-corrected chi connectivity index (χ1v) is 8.35. The summed E-state index contributed by atoms with van der Waals surface area (Å²) in [6.45, 7) is 2.03. The number of anilines is 1. The van der Waals surface area contributed by atoms with Crippen LogP contribution in [0.5, 0.6) is 17.2 Å². The first-order valence-electron chi connectivity index (χ1n) is 7.36. The number of carbonyl (C=O) groups excluding carboxylic acids is 1. The Morgan fingerprint density at radius 3 is 2.08 bits per heavy atom. The smallest absolute Gasteiger partial charge is 0.234 e. The van der Waals surface area contributed by atoms with Crippen LogP contribution in [0.4, 0.5) is 5.69 Å². The molecule has 5 nitrogen and oxygen atoms in total. The van der Waals surface area contributed by atoms with Crippen LogP contribution in [-0.4, -0.2) is 33.0 Å². The van der Waals surface area contributed by atoms with E-state index in [1.165, 1.54) is 38.7 Å². The van der Waals surface area contributed by atoms with Crippen molar-refractivity contribution < 1.29 is 19.0 Å². The average Bonchev–Trinajstić information content (AvgIpc) is 2.60. The molecule has 0 bridgehead atoms. The second-order valence-corrected chi connectivity index (χ2v) is 6.11. The molecule has 0 aliphatic carbocycles. The number of rotatable bonds is 7. The van der Waals surface area contributed by atoms with E-state index in [2.05, 4.69) is 5.32 Å². The van der Waals surface area contributed by atoms with Crippen molar-refractivity contribution in [3.05, 3.63) is 42.0 Å². The Bertz CT molecular complexity index is 676. The van der Waals surface area contributed by atoms with Gasteiger partial charge in [-0.15, -0.1) is 11.8 Å². The van der Waals surface area contributed by atoms with Gasteiger partial charge < -0.3 is 19.5 Å². The van der Waals surface area contributed by atoms with E-state index in [1.807, 2.05) is 31.2 Å². The lowest BCUT2D eigenvalue weighted by Crippen LogP contribution is -2.14. The van der Waals surface area contributed by atoms with E-state index in [0.717, 1.165) is 4.90 Å². The third kappa shape index (κ3) is 4.58. The third-order valence-corrected chi connectivity index (χ3v) is 4.35. The van der Waals surface area contributed by atoms with Crippen LogP contribution in [0.1, 0.15) is 5.56 Å². The molecule has 0 saturated heterocycles. The van der Waals surface area contributed by atoms with Crippen LogP contribution in [0.15, 0.2) is 41.3 Å². The molecule has 0 aliphatic heterocycles. The summed E-state index contributed by atoms with van der Waals surface area (Å²) in [7, 11) is 4.61. The molecule has 2 aromatic carbocycles. The predicted octanol–water partition coefficient (Wildman–Crippen LogP) is 3.75. The van der Waals surface area contributed by atoms with E-state index in [9.17, 15) is 4.79 Å². The zero-order valence-electron chi connectivity index (χ0n) is 14.2. The molecular weight excluding hydrogens is 326 g/mol. The highest BCUT2D eigenvalue weighted by atomic mass is 32.2. The Kier molecular flexibility index (Phi) is 6.37. The number of benzene rings is 2. The zero-order chi connectivity index (χ0) is 17.5. The SMILES string of the molecule is COc1cc(NC(=O)CSc2ccc(C)cc2)cc(OC)c1OC. The molecule has 0 heterocycles. The maximum atomic E-state index is 12.2. The number of carbonyl (C=O) groups is 1. The van der Waals surface area contributed by atoms with Crippen molar-refractivity contribution in [2.45, 2.75) is 11.8 Å². The van der Waals surface area contributed by atoms with Gasteiger partial charge in [0.15, 0.2) is 11.5 Å². The number of ether oxygens (including phenoxy) is 3. The molecule has 0 aromatic heterocycles. The molecule has 1 N–H and O–H groups in total. The molecule has 24 heavy (non-hydrogen) atoms. The molecule has 1 amide bonds. The van der Waals surface area contributed by atoms with E-state index in [1.54, 1.807) is 12.1 Å². The second-order valence-electron chi connectivity index (χ2n) is 5.06. The van der Waals surface area contributed by atoms with Crippen LogP contribution in [0.2, 0.25) is 0 Å². The normalized spacial score (nSPS) is 10.2. The standard InChI is InChI=1S/C18H21NO4S/c1-12-5-7-14(8-6-12)24-11-17(20)19-13-9-15(21-2)18(23-4)16(10-13)22-3/h5-10H,11H2,1-4H3,(H,19,20). The fraction of sp³-hybridized carbons (Fsp3) is 0.278. The second kappa shape index (κ2) is 8.49. The molecule has 6 heteroatoms. The highest BCUT2D eigenvalue weighted by molar-refractivity contribution is 8.00. The Balaban J connectivity index is 2.04. The number of aryl methyl sites for hydroxylation is 1. The summed E-state index contributed by atoms with van der Waals surface area (Å²) in [6, 6.07) is 11.5. The van der Waals surface area contributed by atoms with Gasteiger partial charge >= 0.3 is 0 Å². The molecule has 0 aliphatic rings. The lowest BCUT2D eigenvalue weighted by Gasteiger charge is -2.14. The number of amides is 1. The summed E-state index contributed by atoms with van der Waals surface area (Å²) in [5, 5.41) is 2.85. The Morgan fingerprint density at radius 1 is 1.00 bits per heavy atom. The van der Waals surface area contributed by atoms with Gasteiger partial charge in [-0.25, -0.2) is 0 Å². The van der Waals surface area contributed by atoms with Gasteiger partial charge in [-0.3, -0.25) is 4.79 Å². The van der Waals surface area contributed by atoms with Crippen molar-refractivity contribution in [3.63, 3.8) is 0 Å². The number of methoxy groups -OCH3 is 3. The third-order valence-electron chi connectivity index (χ3n) is 3.34. The summed E-state index contributed by atoms with van der Waals surface area (Å²) >= 11 is 1.48. The van der Waals surface area contributed by atoms with Crippen LogP contribution in [0.25, 0.3) is 0 Å². The number of nitrogens with one attached hydrogen (secondary N) is 1. The van der Waals surface area contributed by atoms with E-state index in [4.69, 9.17) is 14.2 Å². The maximum Gasteiger partial charge on any atom is 0.234 e. The van der Waals surface area contributed by atoms with Gasteiger partial charge in [-0.2, -0.15) is 0 Å².